The van der Waals surface area contributed by atoms with Crippen LogP contribution in [-0.2, 0) is 38.7 Å². The van der Waals surface area contributed by atoms with E-state index in [4.69, 9.17) is 18.6 Å². The normalized spacial score (nSPS) is 20.8. The molecule has 0 amide bonds. The second-order valence-corrected chi connectivity index (χ2v) is 19.2. The van der Waals surface area contributed by atoms with E-state index < -0.39 is 56.7 Å². The Kier molecular flexibility index (Phi) is 10.1. The standard InChI is InChI=1S/C18H24BNO4S.C16H22BNO4S.C2H6/c1-17(2)18(3,4)24-19(23-17)15-6-5-7-16-14(15)10-11-20(16)25(21,22)12-13-8-9-13;1-11-9-13(17-21-15(2,3)16(4,5)22-17)12-7-8-18(14(12)10-11)23(6,19)20;1-2/h5-7,10-11,13H,8-9,12H2,1-4H3;7-10H,1-6H3;1-2H3. The lowest BCUT2D eigenvalue weighted by atomic mass is 9.76. The number of hydrogen-bond donors (Lipinski definition) is 0. The Labute approximate surface area is 299 Å². The highest BCUT2D eigenvalue weighted by Crippen LogP contribution is 2.38. The largest absolute Gasteiger partial charge is 0.495 e. The average Bonchev–Trinajstić information content (AvgIpc) is 3.32. The first-order valence-electron chi connectivity index (χ1n) is 17.4. The zero-order valence-electron chi connectivity index (χ0n) is 31.5. The van der Waals surface area contributed by atoms with Gasteiger partial charge in [-0.2, -0.15) is 0 Å². The second kappa shape index (κ2) is 13.1. The van der Waals surface area contributed by atoms with Gasteiger partial charge in [0, 0.05) is 23.2 Å². The SMILES string of the molecule is CC.CC1(C)OB(c2cccc3c2ccn3S(=O)(=O)CC2CC2)OC1(C)C.Cc1cc(B2OC(C)(C)C(C)(C)O2)c2ccn(S(C)(=O)=O)c2c1. The Morgan fingerprint density at radius 3 is 1.62 bits per heavy atom. The van der Waals surface area contributed by atoms with Gasteiger partial charge in [0.15, 0.2) is 0 Å². The Hall–Kier alpha value is -2.61. The number of aryl methyl sites for hydroxylation is 1. The zero-order chi connectivity index (χ0) is 37.2. The van der Waals surface area contributed by atoms with E-state index in [-0.39, 0.29) is 5.75 Å². The van der Waals surface area contributed by atoms with Crippen molar-refractivity contribution in [3.8, 4) is 0 Å². The molecule has 4 aromatic rings. The van der Waals surface area contributed by atoms with Crippen molar-refractivity contribution in [1.29, 1.82) is 0 Å². The summed E-state index contributed by atoms with van der Waals surface area (Å²) >= 11 is 0. The van der Waals surface area contributed by atoms with E-state index in [0.29, 0.717) is 17.0 Å². The zero-order valence-corrected chi connectivity index (χ0v) is 33.2. The number of hydrogen-bond acceptors (Lipinski definition) is 8. The smallest absolute Gasteiger partial charge is 0.399 e. The van der Waals surface area contributed by atoms with Crippen LogP contribution in [0.15, 0.2) is 54.9 Å². The fraction of sp³-hybridized carbons (Fsp3) is 0.556. The number of nitrogens with zero attached hydrogens (tertiary/aromatic N) is 2. The number of fused-ring (bicyclic) bond motifs is 2. The number of rotatable bonds is 6. The highest BCUT2D eigenvalue weighted by Gasteiger charge is 2.53. The lowest BCUT2D eigenvalue weighted by Crippen LogP contribution is -2.41. The van der Waals surface area contributed by atoms with Gasteiger partial charge in [-0.15, -0.1) is 0 Å². The van der Waals surface area contributed by atoms with E-state index in [1.54, 1.807) is 18.5 Å². The third kappa shape index (κ3) is 7.21. The van der Waals surface area contributed by atoms with Crippen molar-refractivity contribution in [3.05, 3.63) is 60.4 Å². The van der Waals surface area contributed by atoms with Gasteiger partial charge in [-0.1, -0.05) is 32.0 Å². The summed E-state index contributed by atoms with van der Waals surface area (Å²) in [6.07, 6.45) is 6.45. The number of aromatic nitrogens is 2. The van der Waals surface area contributed by atoms with Gasteiger partial charge in [0.05, 0.1) is 45.4 Å². The molecule has 50 heavy (non-hydrogen) atoms. The van der Waals surface area contributed by atoms with E-state index >= 15 is 0 Å². The Bertz CT molecular complexity index is 2080. The monoisotopic (exact) mass is 726 g/mol. The maximum Gasteiger partial charge on any atom is 0.495 e. The fourth-order valence-electron chi connectivity index (χ4n) is 6.09. The van der Waals surface area contributed by atoms with Crippen LogP contribution in [0, 0.1) is 12.8 Å². The summed E-state index contributed by atoms with van der Waals surface area (Å²) in [6.45, 7) is 22.0. The van der Waals surface area contributed by atoms with Crippen molar-refractivity contribution >= 4 is 67.0 Å². The maximum absolute atomic E-state index is 12.7. The summed E-state index contributed by atoms with van der Waals surface area (Å²) in [5.74, 6) is 0.533. The molecule has 0 unspecified atom stereocenters. The third-order valence-corrected chi connectivity index (χ3v) is 13.3. The Morgan fingerprint density at radius 1 is 0.680 bits per heavy atom. The molecule has 2 aromatic heterocycles. The molecular weight excluding hydrogens is 674 g/mol. The summed E-state index contributed by atoms with van der Waals surface area (Å²) in [5.41, 5.74) is 2.30. The van der Waals surface area contributed by atoms with Crippen LogP contribution in [0.4, 0.5) is 0 Å². The van der Waals surface area contributed by atoms with Crippen molar-refractivity contribution in [2.45, 2.75) is 111 Å². The maximum atomic E-state index is 12.7. The highest BCUT2D eigenvalue weighted by atomic mass is 32.2. The molecule has 0 bridgehead atoms. The molecular formula is C36H52B2N2O8S2. The van der Waals surface area contributed by atoms with E-state index in [9.17, 15) is 16.8 Å². The molecule has 4 heterocycles. The first-order chi connectivity index (χ1) is 23.0. The molecule has 0 atom stereocenters. The van der Waals surface area contributed by atoms with Crippen molar-refractivity contribution in [2.24, 2.45) is 5.92 Å². The molecule has 1 saturated carbocycles. The van der Waals surface area contributed by atoms with Gasteiger partial charge < -0.3 is 18.6 Å². The Balaban J connectivity index is 0.000000186. The van der Waals surface area contributed by atoms with Crippen LogP contribution in [0.3, 0.4) is 0 Å². The second-order valence-electron chi connectivity index (χ2n) is 15.5. The molecule has 2 saturated heterocycles. The lowest BCUT2D eigenvalue weighted by Gasteiger charge is -2.32. The Morgan fingerprint density at radius 2 is 1.14 bits per heavy atom. The van der Waals surface area contributed by atoms with Crippen LogP contribution in [0.1, 0.15) is 87.6 Å². The summed E-state index contributed by atoms with van der Waals surface area (Å²) in [7, 11) is -7.70. The molecule has 3 aliphatic rings. The minimum Gasteiger partial charge on any atom is -0.399 e. The third-order valence-electron chi connectivity index (χ3n) is 10.5. The van der Waals surface area contributed by atoms with E-state index in [1.165, 1.54) is 14.2 Å². The molecule has 3 fully saturated rings. The predicted octanol–water partition coefficient (Wildman–Crippen LogP) is 5.61. The van der Waals surface area contributed by atoms with Crippen LogP contribution < -0.4 is 10.9 Å². The minimum absolute atomic E-state index is 0.220. The first kappa shape index (κ1) is 38.6. The molecule has 0 spiro atoms. The molecule has 10 nitrogen and oxygen atoms in total. The number of benzene rings is 2. The van der Waals surface area contributed by atoms with Gasteiger partial charge in [0.25, 0.3) is 0 Å². The van der Waals surface area contributed by atoms with E-state index in [1.807, 2.05) is 113 Å². The van der Waals surface area contributed by atoms with Gasteiger partial charge >= 0.3 is 14.2 Å². The summed E-state index contributed by atoms with van der Waals surface area (Å²) in [4.78, 5) is 0. The van der Waals surface area contributed by atoms with Crippen LogP contribution in [-0.4, -0.2) is 73.4 Å². The fourth-order valence-corrected chi connectivity index (χ4v) is 8.68. The average molecular weight is 727 g/mol. The van der Waals surface area contributed by atoms with Crippen LogP contribution in [0.25, 0.3) is 21.8 Å². The van der Waals surface area contributed by atoms with Crippen molar-refractivity contribution < 1.29 is 35.5 Å². The molecule has 14 heteroatoms. The van der Waals surface area contributed by atoms with Gasteiger partial charge in [0.1, 0.15) is 0 Å². The minimum atomic E-state index is -3.35. The van der Waals surface area contributed by atoms with Crippen molar-refractivity contribution in [3.63, 3.8) is 0 Å². The predicted molar refractivity (Wildman–Crippen MR) is 204 cm³/mol. The molecule has 1 aliphatic carbocycles. The molecule has 2 aliphatic heterocycles. The summed E-state index contributed by atoms with van der Waals surface area (Å²) < 4.78 is 76.6. The topological polar surface area (TPSA) is 115 Å². The summed E-state index contributed by atoms with van der Waals surface area (Å²) in [5, 5.41) is 1.69. The lowest BCUT2D eigenvalue weighted by molar-refractivity contribution is 0.00578. The van der Waals surface area contributed by atoms with Gasteiger partial charge in [-0.3, -0.25) is 0 Å². The van der Waals surface area contributed by atoms with Crippen molar-refractivity contribution in [2.75, 3.05) is 12.0 Å². The molecule has 0 radical (unpaired) electrons. The highest BCUT2D eigenvalue weighted by molar-refractivity contribution is 7.90. The molecule has 0 N–H and O–H groups in total. The van der Waals surface area contributed by atoms with Crippen LogP contribution in [0.2, 0.25) is 0 Å². The van der Waals surface area contributed by atoms with Gasteiger partial charge in [-0.25, -0.2) is 24.8 Å². The summed E-state index contributed by atoms with van der Waals surface area (Å²) in [6, 6.07) is 13.2. The van der Waals surface area contributed by atoms with E-state index in [0.717, 1.165) is 40.1 Å². The molecule has 272 valence electrons. The van der Waals surface area contributed by atoms with E-state index in [2.05, 4.69) is 0 Å². The molecule has 7 rings (SSSR count). The first-order valence-corrected chi connectivity index (χ1v) is 20.9. The van der Waals surface area contributed by atoms with Crippen LogP contribution >= 0.6 is 0 Å². The van der Waals surface area contributed by atoms with Gasteiger partial charge in [0.2, 0.25) is 20.0 Å². The van der Waals surface area contributed by atoms with Crippen LogP contribution in [0.5, 0.6) is 0 Å². The van der Waals surface area contributed by atoms with Crippen molar-refractivity contribution in [1.82, 2.24) is 7.94 Å². The van der Waals surface area contributed by atoms with Gasteiger partial charge in [-0.05, 0) is 122 Å². The quantitative estimate of drug-likeness (QED) is 0.236. The molecule has 2 aromatic carbocycles.